The van der Waals surface area contributed by atoms with Crippen molar-refractivity contribution in [1.82, 2.24) is 0 Å². The molecule has 0 fully saturated rings. The fourth-order valence-electron chi connectivity index (χ4n) is 0.391. The molecule has 0 atom stereocenters. The zero-order valence-electron chi connectivity index (χ0n) is 6.17. The lowest BCUT2D eigenvalue weighted by Gasteiger charge is -2.17. The maximum Gasteiger partial charge on any atom is 0.140 e. The monoisotopic (exact) mass is 149 g/mol. The number of methoxy groups -OCH3 is 1. The molecular weight excluding hydrogens is 134 g/mol. The van der Waals surface area contributed by atoms with Crippen molar-refractivity contribution in [1.29, 1.82) is 0 Å². The summed E-state index contributed by atoms with van der Waals surface area (Å²) in [4.78, 5) is 0. The molecule has 0 radical (unpaired) electrons. The summed E-state index contributed by atoms with van der Waals surface area (Å²) in [6.45, 7) is 1.12. The van der Waals surface area contributed by atoms with Crippen LogP contribution < -0.4 is 17.2 Å². The van der Waals surface area contributed by atoms with Crippen LogP contribution in [-0.2, 0) is 9.47 Å². The van der Waals surface area contributed by atoms with E-state index in [1.54, 1.807) is 7.11 Å². The standard InChI is InChI=1S/C5H15N3O2/c1-9-2-3-10-4-5(6,7)8/h2-4,6-8H2,1H3. The van der Waals surface area contributed by atoms with Crippen LogP contribution >= 0.6 is 0 Å². The van der Waals surface area contributed by atoms with Crippen LogP contribution in [0, 0.1) is 0 Å². The molecular formula is C5H15N3O2. The molecule has 0 heterocycles. The third kappa shape index (κ3) is 7.80. The second-order valence-corrected chi connectivity index (χ2v) is 2.16. The van der Waals surface area contributed by atoms with Crippen molar-refractivity contribution in [2.75, 3.05) is 26.9 Å². The van der Waals surface area contributed by atoms with Crippen molar-refractivity contribution in [3.05, 3.63) is 0 Å². The van der Waals surface area contributed by atoms with E-state index < -0.39 is 5.79 Å². The largest absolute Gasteiger partial charge is 0.382 e. The topological polar surface area (TPSA) is 96.5 Å². The van der Waals surface area contributed by atoms with Crippen LogP contribution in [0.2, 0.25) is 0 Å². The van der Waals surface area contributed by atoms with E-state index in [-0.39, 0.29) is 6.61 Å². The Balaban J connectivity index is 3.04. The van der Waals surface area contributed by atoms with Gasteiger partial charge in [-0.3, -0.25) is 17.2 Å². The average Bonchev–Trinajstić information content (AvgIpc) is 1.78. The molecule has 0 aromatic carbocycles. The number of hydrogen-bond donors (Lipinski definition) is 3. The average molecular weight is 149 g/mol. The van der Waals surface area contributed by atoms with E-state index in [2.05, 4.69) is 0 Å². The highest BCUT2D eigenvalue weighted by atomic mass is 16.5. The Morgan fingerprint density at radius 2 is 1.80 bits per heavy atom. The minimum Gasteiger partial charge on any atom is -0.382 e. The van der Waals surface area contributed by atoms with Crippen LogP contribution in [0.1, 0.15) is 0 Å². The predicted octanol–water partition coefficient (Wildman–Crippen LogP) is -1.82. The summed E-state index contributed by atoms with van der Waals surface area (Å²) in [5, 5.41) is 0. The summed E-state index contributed by atoms with van der Waals surface area (Å²) in [6.07, 6.45) is 0. The Kier molecular flexibility index (Phi) is 4.50. The Morgan fingerprint density at radius 3 is 2.20 bits per heavy atom. The fraction of sp³-hybridized carbons (Fsp3) is 1.00. The molecule has 0 aliphatic carbocycles. The van der Waals surface area contributed by atoms with Gasteiger partial charge in [-0.25, -0.2) is 0 Å². The van der Waals surface area contributed by atoms with E-state index in [1.165, 1.54) is 0 Å². The lowest BCUT2D eigenvalue weighted by atomic mass is 10.4. The maximum absolute atomic E-state index is 5.21. The summed E-state index contributed by atoms with van der Waals surface area (Å²) in [5.41, 5.74) is 15.6. The molecule has 0 aromatic heterocycles. The molecule has 0 bridgehead atoms. The summed E-state index contributed by atoms with van der Waals surface area (Å²) in [7, 11) is 1.59. The molecule has 0 rings (SSSR count). The zero-order chi connectivity index (χ0) is 8.04. The predicted molar refractivity (Wildman–Crippen MR) is 38.0 cm³/mol. The Morgan fingerprint density at radius 1 is 1.20 bits per heavy atom. The fourth-order valence-corrected chi connectivity index (χ4v) is 0.391. The first-order chi connectivity index (χ1) is 4.56. The van der Waals surface area contributed by atoms with Gasteiger partial charge in [0.25, 0.3) is 0 Å². The van der Waals surface area contributed by atoms with E-state index >= 15 is 0 Å². The highest BCUT2D eigenvalue weighted by Crippen LogP contribution is 1.81. The lowest BCUT2D eigenvalue weighted by Crippen LogP contribution is -2.61. The molecule has 0 amide bonds. The van der Waals surface area contributed by atoms with Gasteiger partial charge in [0.1, 0.15) is 5.79 Å². The van der Waals surface area contributed by atoms with E-state index in [0.717, 1.165) is 0 Å². The number of nitrogens with two attached hydrogens (primary N) is 3. The Labute approximate surface area is 60.4 Å². The molecule has 0 aliphatic rings. The molecule has 0 unspecified atom stereocenters. The van der Waals surface area contributed by atoms with E-state index in [4.69, 9.17) is 26.7 Å². The molecule has 0 spiro atoms. The van der Waals surface area contributed by atoms with Gasteiger partial charge < -0.3 is 9.47 Å². The summed E-state index contributed by atoms with van der Waals surface area (Å²) >= 11 is 0. The van der Waals surface area contributed by atoms with Crippen LogP contribution in [0.15, 0.2) is 0 Å². The molecule has 5 nitrogen and oxygen atoms in total. The van der Waals surface area contributed by atoms with Gasteiger partial charge in [-0.15, -0.1) is 0 Å². The minimum atomic E-state index is -1.23. The van der Waals surface area contributed by atoms with Gasteiger partial charge >= 0.3 is 0 Å². The van der Waals surface area contributed by atoms with Crippen molar-refractivity contribution in [3.63, 3.8) is 0 Å². The maximum atomic E-state index is 5.21. The minimum absolute atomic E-state index is 0.135. The normalized spacial score (nSPS) is 12.0. The van der Waals surface area contributed by atoms with Gasteiger partial charge in [0, 0.05) is 7.11 Å². The van der Waals surface area contributed by atoms with Crippen LogP contribution in [0.3, 0.4) is 0 Å². The first-order valence-electron chi connectivity index (χ1n) is 2.99. The summed E-state index contributed by atoms with van der Waals surface area (Å²) in [5.74, 6) is -1.23. The zero-order valence-corrected chi connectivity index (χ0v) is 6.17. The number of hydrogen-bond acceptors (Lipinski definition) is 5. The highest BCUT2D eigenvalue weighted by Gasteiger charge is 2.10. The lowest BCUT2D eigenvalue weighted by molar-refractivity contribution is 0.0454. The Hall–Kier alpha value is -0.200. The van der Waals surface area contributed by atoms with Gasteiger partial charge in [-0.1, -0.05) is 0 Å². The van der Waals surface area contributed by atoms with Crippen molar-refractivity contribution in [2.45, 2.75) is 5.79 Å². The molecule has 6 N–H and O–H groups in total. The van der Waals surface area contributed by atoms with Crippen molar-refractivity contribution >= 4 is 0 Å². The quantitative estimate of drug-likeness (QED) is 0.316. The van der Waals surface area contributed by atoms with Crippen LogP contribution in [-0.4, -0.2) is 32.7 Å². The van der Waals surface area contributed by atoms with Crippen molar-refractivity contribution in [2.24, 2.45) is 17.2 Å². The third-order valence-electron chi connectivity index (χ3n) is 0.784. The smallest absolute Gasteiger partial charge is 0.140 e. The SMILES string of the molecule is COCCOCC(N)(N)N. The summed E-state index contributed by atoms with van der Waals surface area (Å²) < 4.78 is 9.65. The molecule has 0 aromatic rings. The van der Waals surface area contributed by atoms with Crippen LogP contribution in [0.4, 0.5) is 0 Å². The summed E-state index contributed by atoms with van der Waals surface area (Å²) in [6, 6.07) is 0. The second kappa shape index (κ2) is 4.59. The Bertz CT molecular complexity index is 81.5. The third-order valence-corrected chi connectivity index (χ3v) is 0.784. The van der Waals surface area contributed by atoms with Crippen LogP contribution in [0.5, 0.6) is 0 Å². The van der Waals surface area contributed by atoms with Crippen molar-refractivity contribution < 1.29 is 9.47 Å². The first kappa shape index (κ1) is 9.80. The molecule has 10 heavy (non-hydrogen) atoms. The first-order valence-corrected chi connectivity index (χ1v) is 2.99. The molecule has 0 saturated carbocycles. The highest BCUT2D eigenvalue weighted by molar-refractivity contribution is 4.65. The van der Waals surface area contributed by atoms with E-state index in [9.17, 15) is 0 Å². The van der Waals surface area contributed by atoms with Gasteiger partial charge in [-0.05, 0) is 0 Å². The van der Waals surface area contributed by atoms with Gasteiger partial charge in [0.15, 0.2) is 0 Å². The van der Waals surface area contributed by atoms with Gasteiger partial charge in [0.2, 0.25) is 0 Å². The molecule has 0 aliphatic heterocycles. The van der Waals surface area contributed by atoms with Crippen LogP contribution in [0.25, 0.3) is 0 Å². The van der Waals surface area contributed by atoms with Gasteiger partial charge in [0.05, 0.1) is 19.8 Å². The molecule has 0 saturated heterocycles. The molecule has 62 valence electrons. The van der Waals surface area contributed by atoms with E-state index in [0.29, 0.717) is 13.2 Å². The second-order valence-electron chi connectivity index (χ2n) is 2.16. The van der Waals surface area contributed by atoms with Crippen molar-refractivity contribution in [3.8, 4) is 0 Å². The molecule has 5 heteroatoms. The number of ether oxygens (including phenoxy) is 2. The van der Waals surface area contributed by atoms with Gasteiger partial charge in [-0.2, -0.15) is 0 Å². The number of rotatable bonds is 5. The van der Waals surface area contributed by atoms with E-state index in [1.807, 2.05) is 0 Å².